The Hall–Kier alpha value is -1.98. The van der Waals surface area contributed by atoms with Crippen molar-refractivity contribution in [1.29, 1.82) is 0 Å². The van der Waals surface area contributed by atoms with Gasteiger partial charge in [0.1, 0.15) is 0 Å². The first-order chi connectivity index (χ1) is 13.2. The summed E-state index contributed by atoms with van der Waals surface area (Å²) >= 11 is 6.18. The number of benzene rings is 1. The highest BCUT2D eigenvalue weighted by atomic mass is 35.5. The van der Waals surface area contributed by atoms with Crippen LogP contribution in [0.3, 0.4) is 0 Å². The molecule has 2 saturated heterocycles. The second-order valence-electron chi connectivity index (χ2n) is 7.46. The molecule has 1 atom stereocenters. The van der Waals surface area contributed by atoms with Crippen molar-refractivity contribution >= 4 is 17.5 Å². The number of amides is 1. The lowest BCUT2D eigenvalue weighted by Crippen LogP contribution is -2.43. The molecule has 4 rings (SSSR count). The molecule has 0 saturated carbocycles. The van der Waals surface area contributed by atoms with Crippen LogP contribution in [-0.4, -0.2) is 58.4 Å². The van der Waals surface area contributed by atoms with Crippen molar-refractivity contribution in [3.05, 3.63) is 47.4 Å². The zero-order chi connectivity index (χ0) is 18.6. The first-order valence-corrected chi connectivity index (χ1v) is 10.2. The molecule has 0 aliphatic carbocycles. The molecule has 5 nitrogen and oxygen atoms in total. The summed E-state index contributed by atoms with van der Waals surface area (Å²) in [6.45, 7) is 4.18. The van der Waals surface area contributed by atoms with Crippen LogP contribution in [-0.2, 0) is 4.79 Å². The van der Waals surface area contributed by atoms with E-state index in [2.05, 4.69) is 14.9 Å². The van der Waals surface area contributed by atoms with Gasteiger partial charge in [-0.05, 0) is 44.4 Å². The van der Waals surface area contributed by atoms with Crippen molar-refractivity contribution in [2.75, 3.05) is 32.7 Å². The molecule has 6 heteroatoms. The Balaban J connectivity index is 1.51. The molecule has 3 heterocycles. The van der Waals surface area contributed by atoms with Crippen LogP contribution in [0, 0.1) is 0 Å². The van der Waals surface area contributed by atoms with Crippen molar-refractivity contribution in [3.8, 4) is 11.3 Å². The van der Waals surface area contributed by atoms with Gasteiger partial charge in [0.15, 0.2) is 0 Å². The Labute approximate surface area is 165 Å². The minimum Gasteiger partial charge on any atom is -0.342 e. The smallest absolute Gasteiger partial charge is 0.236 e. The lowest BCUT2D eigenvalue weighted by Gasteiger charge is -2.33. The van der Waals surface area contributed by atoms with Crippen molar-refractivity contribution in [1.82, 2.24) is 19.8 Å². The first-order valence-electron chi connectivity index (χ1n) is 9.77. The van der Waals surface area contributed by atoms with E-state index in [0.29, 0.717) is 11.6 Å². The molecule has 2 aliphatic rings. The summed E-state index contributed by atoms with van der Waals surface area (Å²) in [5.41, 5.74) is 2.91. The maximum absolute atomic E-state index is 12.5. The highest BCUT2D eigenvalue weighted by Gasteiger charge is 2.28. The lowest BCUT2D eigenvalue weighted by molar-refractivity contribution is -0.131. The van der Waals surface area contributed by atoms with E-state index in [-0.39, 0.29) is 11.8 Å². The molecular formula is C21H25ClN4O. The largest absolute Gasteiger partial charge is 0.342 e. The number of hydrogen-bond donors (Lipinski definition) is 0. The second-order valence-corrected chi connectivity index (χ2v) is 7.90. The third-order valence-electron chi connectivity index (χ3n) is 5.53. The number of carbonyl (C=O) groups excluding carboxylic acids is 1. The van der Waals surface area contributed by atoms with Gasteiger partial charge in [0.05, 0.1) is 17.9 Å². The van der Waals surface area contributed by atoms with Crippen LogP contribution in [0.25, 0.3) is 11.3 Å². The zero-order valence-corrected chi connectivity index (χ0v) is 16.2. The molecule has 0 radical (unpaired) electrons. The molecule has 0 bridgehead atoms. The fourth-order valence-corrected chi connectivity index (χ4v) is 4.38. The number of nitrogens with zero attached hydrogens (tertiary/aromatic N) is 4. The van der Waals surface area contributed by atoms with Gasteiger partial charge in [0.25, 0.3) is 0 Å². The van der Waals surface area contributed by atoms with Crippen molar-refractivity contribution in [3.63, 3.8) is 0 Å². The third kappa shape index (κ3) is 4.30. The molecule has 0 N–H and O–H groups in total. The lowest BCUT2D eigenvalue weighted by atomic mass is 9.91. The van der Waals surface area contributed by atoms with Crippen molar-refractivity contribution < 1.29 is 4.79 Å². The number of halogens is 1. The van der Waals surface area contributed by atoms with Crippen LogP contribution in [0.5, 0.6) is 0 Å². The van der Waals surface area contributed by atoms with Gasteiger partial charge >= 0.3 is 0 Å². The Morgan fingerprint density at radius 2 is 1.93 bits per heavy atom. The molecule has 2 aliphatic heterocycles. The van der Waals surface area contributed by atoms with Crippen LogP contribution in [0.2, 0.25) is 5.02 Å². The monoisotopic (exact) mass is 384 g/mol. The van der Waals surface area contributed by atoms with Crippen LogP contribution < -0.4 is 0 Å². The van der Waals surface area contributed by atoms with Gasteiger partial charge in [-0.3, -0.25) is 19.7 Å². The molecule has 1 aromatic carbocycles. The number of rotatable bonds is 4. The van der Waals surface area contributed by atoms with Gasteiger partial charge < -0.3 is 4.90 Å². The Morgan fingerprint density at radius 1 is 1.11 bits per heavy atom. The summed E-state index contributed by atoms with van der Waals surface area (Å²) in [4.78, 5) is 26.1. The molecule has 27 heavy (non-hydrogen) atoms. The Kier molecular flexibility index (Phi) is 5.69. The predicted octanol–water partition coefficient (Wildman–Crippen LogP) is 3.60. The summed E-state index contributed by atoms with van der Waals surface area (Å²) in [5, 5.41) is 0.700. The molecule has 2 aromatic rings. The quantitative estimate of drug-likeness (QED) is 0.808. The van der Waals surface area contributed by atoms with Gasteiger partial charge in [0.2, 0.25) is 5.91 Å². The van der Waals surface area contributed by atoms with Crippen molar-refractivity contribution in [2.24, 2.45) is 0 Å². The van der Waals surface area contributed by atoms with Gasteiger partial charge in [-0.1, -0.05) is 23.7 Å². The standard InChI is InChI=1S/C21H25ClN4O/c22-18-7-3-5-16(13-18)20-21(24-9-8-23-20)17-6-4-10-25(14-17)15-19(27)26-11-1-2-12-26/h3,5,7-9,13,17H,1-2,4,6,10-12,14-15H2/t17-/m1/s1. The average molecular weight is 385 g/mol. The summed E-state index contributed by atoms with van der Waals surface area (Å²) in [5.74, 6) is 0.551. The molecule has 1 amide bonds. The number of hydrogen-bond acceptors (Lipinski definition) is 4. The average Bonchev–Trinajstić information content (AvgIpc) is 3.23. The van der Waals surface area contributed by atoms with E-state index < -0.39 is 0 Å². The van der Waals surface area contributed by atoms with E-state index in [0.717, 1.165) is 68.8 Å². The van der Waals surface area contributed by atoms with Crippen LogP contribution in [0.15, 0.2) is 36.7 Å². The van der Waals surface area contributed by atoms with Gasteiger partial charge in [0, 0.05) is 48.5 Å². The van der Waals surface area contributed by atoms with Crippen molar-refractivity contribution in [2.45, 2.75) is 31.6 Å². The van der Waals surface area contributed by atoms with Gasteiger partial charge in [-0.15, -0.1) is 0 Å². The summed E-state index contributed by atoms with van der Waals surface area (Å²) in [6.07, 6.45) is 7.91. The molecule has 2 fully saturated rings. The molecule has 0 unspecified atom stereocenters. The topological polar surface area (TPSA) is 49.3 Å². The highest BCUT2D eigenvalue weighted by molar-refractivity contribution is 6.30. The maximum Gasteiger partial charge on any atom is 0.236 e. The molecule has 0 spiro atoms. The number of aromatic nitrogens is 2. The SMILES string of the molecule is O=C(CN1CCC[C@@H](c2nccnc2-c2cccc(Cl)c2)C1)N1CCCC1. The minimum atomic E-state index is 0.266. The van der Waals surface area contributed by atoms with Crippen LogP contribution in [0.4, 0.5) is 0 Å². The Morgan fingerprint density at radius 3 is 2.74 bits per heavy atom. The summed E-state index contributed by atoms with van der Waals surface area (Å²) in [6, 6.07) is 7.77. The molecule has 142 valence electrons. The third-order valence-corrected chi connectivity index (χ3v) is 5.77. The van der Waals surface area contributed by atoms with Crippen LogP contribution in [0.1, 0.15) is 37.3 Å². The number of carbonyl (C=O) groups is 1. The second kappa shape index (κ2) is 8.36. The van der Waals surface area contributed by atoms with E-state index in [1.807, 2.05) is 29.2 Å². The number of piperidine rings is 1. The number of likely N-dealkylation sites (tertiary alicyclic amines) is 2. The van der Waals surface area contributed by atoms with E-state index in [9.17, 15) is 4.79 Å². The normalized spacial score (nSPS) is 20.8. The first kappa shape index (κ1) is 18.4. The fraction of sp³-hybridized carbons (Fsp3) is 0.476. The summed E-state index contributed by atoms with van der Waals surface area (Å²) < 4.78 is 0. The van der Waals surface area contributed by atoms with Gasteiger partial charge in [-0.2, -0.15) is 0 Å². The van der Waals surface area contributed by atoms with E-state index in [1.54, 1.807) is 12.4 Å². The van der Waals surface area contributed by atoms with E-state index in [4.69, 9.17) is 11.6 Å². The minimum absolute atomic E-state index is 0.266. The molecule has 1 aromatic heterocycles. The maximum atomic E-state index is 12.5. The zero-order valence-electron chi connectivity index (χ0n) is 15.5. The van der Waals surface area contributed by atoms with Gasteiger partial charge in [-0.25, -0.2) is 0 Å². The highest BCUT2D eigenvalue weighted by Crippen LogP contribution is 2.32. The van der Waals surface area contributed by atoms with E-state index >= 15 is 0 Å². The van der Waals surface area contributed by atoms with Crippen LogP contribution >= 0.6 is 11.6 Å². The molecular weight excluding hydrogens is 360 g/mol. The fourth-order valence-electron chi connectivity index (χ4n) is 4.19. The predicted molar refractivity (Wildman–Crippen MR) is 107 cm³/mol. The summed E-state index contributed by atoms with van der Waals surface area (Å²) in [7, 11) is 0. The van der Waals surface area contributed by atoms with E-state index in [1.165, 1.54) is 0 Å². The Bertz CT molecular complexity index is 806.